The normalized spacial score (nSPS) is 14.9. The zero-order chi connectivity index (χ0) is 19.9. The first kappa shape index (κ1) is 20.0. The number of hydrogen-bond donors (Lipinski definition) is 0. The van der Waals surface area contributed by atoms with Crippen LogP contribution in [0, 0.1) is 6.92 Å². The molecule has 0 unspecified atom stereocenters. The number of ether oxygens (including phenoxy) is 1. The molecular formula is C22H28N4O2S. The number of benzene rings is 1. The van der Waals surface area contributed by atoms with E-state index in [2.05, 4.69) is 32.7 Å². The van der Waals surface area contributed by atoms with Crippen LogP contribution in [0.3, 0.4) is 0 Å². The summed E-state index contributed by atoms with van der Waals surface area (Å²) in [5.41, 5.74) is 1.17. The lowest BCUT2D eigenvalue weighted by molar-refractivity contribution is 0.242. The number of furan rings is 1. The van der Waals surface area contributed by atoms with Crippen LogP contribution < -0.4 is 4.74 Å². The standard InChI is InChI=1S/C22H28N4O2S/c1-18-7-5-8-19(15-18)28-17-21-23-24-22(26(21)16-20-9-6-13-27-20)29-14-12-25-10-3-2-4-11-25/h5-9,13,15H,2-4,10-12,14,16-17H2,1H3. The highest BCUT2D eigenvalue weighted by molar-refractivity contribution is 7.99. The molecule has 4 rings (SSSR count). The number of hydrogen-bond acceptors (Lipinski definition) is 6. The molecule has 0 atom stereocenters. The van der Waals surface area contributed by atoms with Crippen molar-refractivity contribution in [2.45, 2.75) is 44.5 Å². The summed E-state index contributed by atoms with van der Waals surface area (Å²) in [6, 6.07) is 11.9. The maximum absolute atomic E-state index is 5.97. The van der Waals surface area contributed by atoms with E-state index in [9.17, 15) is 0 Å². The maximum Gasteiger partial charge on any atom is 0.191 e. The van der Waals surface area contributed by atoms with Gasteiger partial charge in [-0.05, 0) is 62.7 Å². The van der Waals surface area contributed by atoms with Gasteiger partial charge in [0.05, 0.1) is 12.8 Å². The van der Waals surface area contributed by atoms with Gasteiger partial charge in [-0.2, -0.15) is 0 Å². The fraction of sp³-hybridized carbons (Fsp3) is 0.455. The first-order chi connectivity index (χ1) is 14.3. The summed E-state index contributed by atoms with van der Waals surface area (Å²) in [6.07, 6.45) is 5.71. The Morgan fingerprint density at radius 1 is 1.10 bits per heavy atom. The average Bonchev–Trinajstić information content (AvgIpc) is 3.38. The van der Waals surface area contributed by atoms with Crippen molar-refractivity contribution in [2.24, 2.45) is 0 Å². The zero-order valence-corrected chi connectivity index (χ0v) is 17.7. The van der Waals surface area contributed by atoms with Crippen LogP contribution in [0.15, 0.2) is 52.2 Å². The number of piperidine rings is 1. The van der Waals surface area contributed by atoms with E-state index >= 15 is 0 Å². The molecule has 7 heteroatoms. The largest absolute Gasteiger partial charge is 0.486 e. The second-order valence-corrected chi connectivity index (χ2v) is 8.48. The third-order valence-corrected chi connectivity index (χ3v) is 6.08. The lowest BCUT2D eigenvalue weighted by atomic mass is 10.1. The second kappa shape index (κ2) is 9.98. The second-order valence-electron chi connectivity index (χ2n) is 7.42. The molecule has 0 spiro atoms. The van der Waals surface area contributed by atoms with Crippen LogP contribution in [-0.4, -0.2) is 45.1 Å². The molecule has 0 amide bonds. The van der Waals surface area contributed by atoms with Gasteiger partial charge in [-0.3, -0.25) is 4.57 Å². The van der Waals surface area contributed by atoms with E-state index in [4.69, 9.17) is 9.15 Å². The molecule has 1 aliphatic heterocycles. The number of rotatable bonds is 9. The predicted octanol–water partition coefficient (Wildman–Crippen LogP) is 4.38. The van der Waals surface area contributed by atoms with E-state index in [1.54, 1.807) is 18.0 Å². The van der Waals surface area contributed by atoms with Crippen LogP contribution in [0.1, 0.15) is 36.4 Å². The van der Waals surface area contributed by atoms with Crippen LogP contribution in [-0.2, 0) is 13.2 Å². The van der Waals surface area contributed by atoms with Crippen LogP contribution in [0.2, 0.25) is 0 Å². The van der Waals surface area contributed by atoms with Gasteiger partial charge in [-0.1, -0.05) is 30.3 Å². The van der Waals surface area contributed by atoms with E-state index in [1.165, 1.54) is 37.9 Å². The number of thioether (sulfide) groups is 1. The van der Waals surface area contributed by atoms with Crippen molar-refractivity contribution in [1.29, 1.82) is 0 Å². The van der Waals surface area contributed by atoms with Crippen LogP contribution in [0.5, 0.6) is 5.75 Å². The van der Waals surface area contributed by atoms with Gasteiger partial charge < -0.3 is 14.1 Å². The Kier molecular flexibility index (Phi) is 6.90. The van der Waals surface area contributed by atoms with Crippen molar-refractivity contribution in [3.63, 3.8) is 0 Å². The summed E-state index contributed by atoms with van der Waals surface area (Å²) in [5, 5.41) is 9.77. The molecule has 0 saturated carbocycles. The summed E-state index contributed by atoms with van der Waals surface area (Å²) in [4.78, 5) is 2.55. The summed E-state index contributed by atoms with van der Waals surface area (Å²) < 4.78 is 13.6. The smallest absolute Gasteiger partial charge is 0.191 e. The monoisotopic (exact) mass is 412 g/mol. The highest BCUT2D eigenvalue weighted by Gasteiger charge is 2.16. The third kappa shape index (κ3) is 5.64. The van der Waals surface area contributed by atoms with Gasteiger partial charge in [0, 0.05) is 12.3 Å². The van der Waals surface area contributed by atoms with Gasteiger partial charge in [0.25, 0.3) is 0 Å². The van der Waals surface area contributed by atoms with Crippen molar-refractivity contribution in [2.75, 3.05) is 25.4 Å². The van der Waals surface area contributed by atoms with Gasteiger partial charge in [-0.15, -0.1) is 10.2 Å². The minimum absolute atomic E-state index is 0.379. The van der Waals surface area contributed by atoms with E-state index in [0.29, 0.717) is 13.2 Å². The summed E-state index contributed by atoms with van der Waals surface area (Å²) in [7, 11) is 0. The Hall–Kier alpha value is -2.25. The molecule has 6 nitrogen and oxygen atoms in total. The van der Waals surface area contributed by atoms with Gasteiger partial charge >= 0.3 is 0 Å². The molecule has 154 valence electrons. The van der Waals surface area contributed by atoms with Crippen LogP contribution in [0.4, 0.5) is 0 Å². The Bertz CT molecular complexity index is 888. The van der Waals surface area contributed by atoms with Crippen LogP contribution in [0.25, 0.3) is 0 Å². The fourth-order valence-corrected chi connectivity index (χ4v) is 4.51. The minimum atomic E-state index is 0.379. The molecule has 0 aliphatic carbocycles. The summed E-state index contributed by atoms with van der Waals surface area (Å²) >= 11 is 1.76. The Labute approximate surface area is 176 Å². The molecule has 3 heterocycles. The lowest BCUT2D eigenvalue weighted by Crippen LogP contribution is -2.31. The predicted molar refractivity (Wildman–Crippen MR) is 114 cm³/mol. The molecule has 1 saturated heterocycles. The molecular weight excluding hydrogens is 384 g/mol. The molecule has 0 radical (unpaired) electrons. The minimum Gasteiger partial charge on any atom is -0.486 e. The number of nitrogens with zero attached hydrogens (tertiary/aromatic N) is 4. The first-order valence-corrected chi connectivity index (χ1v) is 11.3. The van der Waals surface area contributed by atoms with E-state index in [-0.39, 0.29) is 0 Å². The van der Waals surface area contributed by atoms with Crippen molar-refractivity contribution in [3.8, 4) is 5.75 Å². The van der Waals surface area contributed by atoms with Crippen molar-refractivity contribution >= 4 is 11.8 Å². The zero-order valence-electron chi connectivity index (χ0n) is 16.9. The van der Waals surface area contributed by atoms with Crippen LogP contribution >= 0.6 is 11.8 Å². The highest BCUT2D eigenvalue weighted by atomic mass is 32.2. The SMILES string of the molecule is Cc1cccc(OCc2nnc(SCCN3CCCCC3)n2Cc2ccco2)c1. The molecule has 0 N–H and O–H groups in total. The average molecular weight is 413 g/mol. The first-order valence-electron chi connectivity index (χ1n) is 10.3. The Morgan fingerprint density at radius 3 is 2.79 bits per heavy atom. The highest BCUT2D eigenvalue weighted by Crippen LogP contribution is 2.21. The topological polar surface area (TPSA) is 56.3 Å². The van der Waals surface area contributed by atoms with Crippen molar-refractivity contribution in [3.05, 3.63) is 59.8 Å². The molecule has 2 aromatic heterocycles. The molecule has 1 aliphatic rings. The van der Waals surface area contributed by atoms with Gasteiger partial charge in [0.15, 0.2) is 11.0 Å². The fourth-order valence-electron chi connectivity index (χ4n) is 3.55. The third-order valence-electron chi connectivity index (χ3n) is 5.13. The van der Waals surface area contributed by atoms with Crippen molar-refractivity contribution in [1.82, 2.24) is 19.7 Å². The molecule has 1 fully saturated rings. The summed E-state index contributed by atoms with van der Waals surface area (Å²) in [6.45, 7) is 6.57. The quantitative estimate of drug-likeness (QED) is 0.486. The molecule has 3 aromatic rings. The number of aromatic nitrogens is 3. The van der Waals surface area contributed by atoms with Gasteiger partial charge in [0.2, 0.25) is 0 Å². The Morgan fingerprint density at radius 2 is 2.00 bits per heavy atom. The number of aryl methyl sites for hydroxylation is 1. The lowest BCUT2D eigenvalue weighted by Gasteiger charge is -2.25. The molecule has 0 bridgehead atoms. The molecule has 29 heavy (non-hydrogen) atoms. The van der Waals surface area contributed by atoms with Gasteiger partial charge in [0.1, 0.15) is 18.1 Å². The number of likely N-dealkylation sites (tertiary alicyclic amines) is 1. The Balaban J connectivity index is 1.42. The molecule has 1 aromatic carbocycles. The van der Waals surface area contributed by atoms with Gasteiger partial charge in [-0.25, -0.2) is 0 Å². The van der Waals surface area contributed by atoms with E-state index in [1.807, 2.05) is 30.3 Å². The van der Waals surface area contributed by atoms with E-state index in [0.717, 1.165) is 34.8 Å². The van der Waals surface area contributed by atoms with Crippen molar-refractivity contribution < 1.29 is 9.15 Å². The van der Waals surface area contributed by atoms with E-state index < -0.39 is 0 Å². The summed E-state index contributed by atoms with van der Waals surface area (Å²) in [5.74, 6) is 3.55. The maximum atomic E-state index is 5.97.